The lowest BCUT2D eigenvalue weighted by molar-refractivity contribution is -0.137. The van der Waals surface area contributed by atoms with E-state index in [0.717, 1.165) is 29.3 Å². The first-order valence-corrected chi connectivity index (χ1v) is 7.06. The van der Waals surface area contributed by atoms with E-state index in [2.05, 4.69) is 0 Å². The highest BCUT2D eigenvalue weighted by molar-refractivity contribution is 7.16. The van der Waals surface area contributed by atoms with Gasteiger partial charge in [-0.1, -0.05) is 11.3 Å². The van der Waals surface area contributed by atoms with Gasteiger partial charge in [0.25, 0.3) is 0 Å². The first-order chi connectivity index (χ1) is 9.29. The van der Waals surface area contributed by atoms with Crippen molar-refractivity contribution < 1.29 is 13.2 Å². The molecule has 3 nitrogen and oxygen atoms in total. The van der Waals surface area contributed by atoms with Gasteiger partial charge in [0.2, 0.25) is 0 Å². The first kappa shape index (κ1) is 13.6. The van der Waals surface area contributed by atoms with E-state index in [1.165, 1.54) is 6.07 Å². The number of aryl methyl sites for hydroxylation is 1. The van der Waals surface area contributed by atoms with Gasteiger partial charge in [0, 0.05) is 12.6 Å². The quantitative estimate of drug-likeness (QED) is 0.862. The Morgan fingerprint density at radius 2 is 2.05 bits per heavy atom. The van der Waals surface area contributed by atoms with Crippen molar-refractivity contribution >= 4 is 21.6 Å². The van der Waals surface area contributed by atoms with Gasteiger partial charge in [-0.2, -0.15) is 13.2 Å². The van der Waals surface area contributed by atoms with Gasteiger partial charge in [-0.25, -0.2) is 0 Å². The van der Waals surface area contributed by atoms with E-state index in [1.807, 2.05) is 23.6 Å². The maximum absolute atomic E-state index is 13.0. The number of thiazole rings is 1. The molecule has 1 atom stereocenters. The summed E-state index contributed by atoms with van der Waals surface area (Å²) in [5.74, 6) is 0. The molecule has 1 aliphatic heterocycles. The summed E-state index contributed by atoms with van der Waals surface area (Å²) in [4.78, 5) is 2.26. The second-order valence-corrected chi connectivity index (χ2v) is 6.27. The molecule has 3 rings (SSSR count). The third-order valence-electron chi connectivity index (χ3n) is 3.76. The summed E-state index contributed by atoms with van der Waals surface area (Å²) in [6, 6.07) is 2.37. The van der Waals surface area contributed by atoms with Crippen LogP contribution in [0.25, 0.3) is 10.2 Å². The number of hydrogen-bond acceptors (Lipinski definition) is 3. The van der Waals surface area contributed by atoms with Crippen LogP contribution in [0.4, 0.5) is 13.2 Å². The highest BCUT2D eigenvalue weighted by Crippen LogP contribution is 2.40. The van der Waals surface area contributed by atoms with Crippen molar-refractivity contribution in [1.29, 1.82) is 5.41 Å². The monoisotopic (exact) mass is 301 g/mol. The van der Waals surface area contributed by atoms with Crippen molar-refractivity contribution in [2.45, 2.75) is 25.2 Å². The molecule has 1 aliphatic rings. The molecule has 1 aromatic carbocycles. The summed E-state index contributed by atoms with van der Waals surface area (Å²) in [7, 11) is 3.75. The third kappa shape index (κ3) is 1.96. The van der Waals surface area contributed by atoms with Crippen LogP contribution in [0.15, 0.2) is 12.1 Å². The zero-order chi connectivity index (χ0) is 14.7. The molecule has 0 spiro atoms. The van der Waals surface area contributed by atoms with Gasteiger partial charge < -0.3 is 9.47 Å². The molecule has 2 heterocycles. The molecule has 2 aromatic rings. The van der Waals surface area contributed by atoms with Gasteiger partial charge in [0.15, 0.2) is 4.80 Å². The van der Waals surface area contributed by atoms with E-state index in [9.17, 15) is 13.2 Å². The van der Waals surface area contributed by atoms with Crippen LogP contribution >= 0.6 is 11.3 Å². The van der Waals surface area contributed by atoms with Gasteiger partial charge in [0.05, 0.1) is 15.8 Å². The maximum atomic E-state index is 13.0. The number of benzene rings is 1. The second-order valence-electron chi connectivity index (χ2n) is 5.24. The van der Waals surface area contributed by atoms with Crippen molar-refractivity contribution in [2.75, 3.05) is 14.1 Å². The maximum Gasteiger partial charge on any atom is 0.416 e. The lowest BCUT2D eigenvalue weighted by Gasteiger charge is -2.30. The van der Waals surface area contributed by atoms with Crippen molar-refractivity contribution in [3.05, 3.63) is 28.1 Å². The lowest BCUT2D eigenvalue weighted by atomic mass is 9.96. The van der Waals surface area contributed by atoms with Crippen LogP contribution in [0.5, 0.6) is 0 Å². The molecule has 7 heteroatoms. The van der Waals surface area contributed by atoms with Gasteiger partial charge >= 0.3 is 6.18 Å². The van der Waals surface area contributed by atoms with E-state index in [0.29, 0.717) is 21.6 Å². The van der Waals surface area contributed by atoms with E-state index >= 15 is 0 Å². The Morgan fingerprint density at radius 1 is 1.35 bits per heavy atom. The van der Waals surface area contributed by atoms with Crippen LogP contribution in [0.3, 0.4) is 0 Å². The second kappa shape index (κ2) is 4.33. The summed E-state index contributed by atoms with van der Waals surface area (Å²) >= 11 is 1.11. The SMILES string of the molecule is CN(C)[C@@H]1CCn2c(=N)sc3cc(C(F)(F)F)cc1c32. The fraction of sp³-hybridized carbons (Fsp3) is 0.462. The summed E-state index contributed by atoms with van der Waals surface area (Å²) < 4.78 is 41.4. The molecule has 1 aromatic heterocycles. The Morgan fingerprint density at radius 3 is 2.65 bits per heavy atom. The Bertz CT molecular complexity index is 727. The number of aromatic nitrogens is 1. The van der Waals surface area contributed by atoms with Crippen molar-refractivity contribution in [3.63, 3.8) is 0 Å². The van der Waals surface area contributed by atoms with Gasteiger partial charge in [-0.05, 0) is 38.2 Å². The Hall–Kier alpha value is -1.34. The highest BCUT2D eigenvalue weighted by Gasteiger charge is 2.34. The van der Waals surface area contributed by atoms with E-state index < -0.39 is 11.7 Å². The minimum absolute atomic E-state index is 0.0335. The minimum atomic E-state index is -4.35. The Balaban J connectivity index is 2.35. The molecule has 20 heavy (non-hydrogen) atoms. The van der Waals surface area contributed by atoms with Crippen LogP contribution < -0.4 is 4.80 Å². The fourth-order valence-corrected chi connectivity index (χ4v) is 3.84. The minimum Gasteiger partial charge on any atom is -0.317 e. The molecular weight excluding hydrogens is 287 g/mol. The van der Waals surface area contributed by atoms with Crippen molar-refractivity contribution in [3.8, 4) is 0 Å². The number of nitrogens with zero attached hydrogens (tertiary/aromatic N) is 2. The number of halogens is 3. The van der Waals surface area contributed by atoms with Crippen LogP contribution in [0.1, 0.15) is 23.6 Å². The van der Waals surface area contributed by atoms with Crippen LogP contribution in [-0.4, -0.2) is 23.6 Å². The van der Waals surface area contributed by atoms with Gasteiger partial charge in [-0.3, -0.25) is 5.41 Å². The number of hydrogen-bond donors (Lipinski definition) is 1. The smallest absolute Gasteiger partial charge is 0.317 e. The summed E-state index contributed by atoms with van der Waals surface area (Å²) in [6.45, 7) is 0.681. The molecule has 0 radical (unpaired) electrons. The molecule has 0 saturated carbocycles. The average molecular weight is 301 g/mol. The summed E-state index contributed by atoms with van der Waals surface area (Å²) in [5, 5.41) is 7.92. The highest BCUT2D eigenvalue weighted by atomic mass is 32.1. The molecule has 0 aliphatic carbocycles. The molecule has 0 bridgehead atoms. The molecule has 108 valence electrons. The largest absolute Gasteiger partial charge is 0.416 e. The average Bonchev–Trinajstić information content (AvgIpc) is 2.66. The zero-order valence-corrected chi connectivity index (χ0v) is 11.9. The molecule has 1 N–H and O–H groups in total. The molecular formula is C13H14F3N3S. The van der Waals surface area contributed by atoms with E-state index in [1.54, 1.807) is 0 Å². The number of alkyl halides is 3. The molecule has 0 fully saturated rings. The molecule has 0 saturated heterocycles. The van der Waals surface area contributed by atoms with Gasteiger partial charge in [-0.15, -0.1) is 0 Å². The zero-order valence-electron chi connectivity index (χ0n) is 11.1. The normalized spacial score (nSPS) is 19.0. The molecule has 0 amide bonds. The molecule has 0 unspecified atom stereocenters. The third-order valence-corrected chi connectivity index (χ3v) is 4.71. The van der Waals surface area contributed by atoms with Crippen LogP contribution in [0, 0.1) is 5.41 Å². The van der Waals surface area contributed by atoms with E-state index in [4.69, 9.17) is 5.41 Å². The standard InChI is InChI=1S/C13H14F3N3S/c1-18(2)9-3-4-19-11-8(9)5-7(13(14,15)16)6-10(11)20-12(19)17/h5-6,9,17H,3-4H2,1-2H3/t9-/m1/s1. The summed E-state index contributed by atoms with van der Waals surface area (Å²) in [6.07, 6.45) is -3.63. The van der Waals surface area contributed by atoms with Crippen molar-refractivity contribution in [1.82, 2.24) is 9.47 Å². The van der Waals surface area contributed by atoms with Gasteiger partial charge in [0.1, 0.15) is 0 Å². The first-order valence-electron chi connectivity index (χ1n) is 6.24. The Labute approximate surface area is 117 Å². The van der Waals surface area contributed by atoms with Crippen molar-refractivity contribution in [2.24, 2.45) is 0 Å². The fourth-order valence-electron chi connectivity index (χ4n) is 2.83. The number of nitrogens with one attached hydrogen (secondary N) is 1. The lowest BCUT2D eigenvalue weighted by Crippen LogP contribution is -2.28. The van der Waals surface area contributed by atoms with Crippen LogP contribution in [0.2, 0.25) is 0 Å². The summed E-state index contributed by atoms with van der Waals surface area (Å²) in [5.41, 5.74) is 0.848. The van der Waals surface area contributed by atoms with Crippen LogP contribution in [-0.2, 0) is 12.7 Å². The topological polar surface area (TPSA) is 32.0 Å². The predicted molar refractivity (Wildman–Crippen MR) is 71.7 cm³/mol. The van der Waals surface area contributed by atoms with E-state index in [-0.39, 0.29) is 6.04 Å². The number of rotatable bonds is 1. The Kier molecular flexibility index (Phi) is 2.95. The predicted octanol–water partition coefficient (Wildman–Crippen LogP) is 3.21.